The Hall–Kier alpha value is -0.870. The van der Waals surface area contributed by atoms with Gasteiger partial charge in [0.25, 0.3) is 0 Å². The molecule has 4 heteroatoms. The van der Waals surface area contributed by atoms with Crippen molar-refractivity contribution in [3.8, 4) is 0 Å². The van der Waals surface area contributed by atoms with Gasteiger partial charge in [-0.25, -0.2) is 0 Å². The van der Waals surface area contributed by atoms with Gasteiger partial charge in [0.1, 0.15) is 0 Å². The van der Waals surface area contributed by atoms with Crippen LogP contribution in [-0.2, 0) is 0 Å². The summed E-state index contributed by atoms with van der Waals surface area (Å²) in [6.45, 7) is 4.59. The number of rotatable bonds is 4. The Labute approximate surface area is 78.4 Å². The van der Waals surface area contributed by atoms with Gasteiger partial charge in [-0.3, -0.25) is 4.68 Å². The molecule has 0 bridgehead atoms. The van der Waals surface area contributed by atoms with Crippen LogP contribution in [0.1, 0.15) is 38.0 Å². The van der Waals surface area contributed by atoms with Gasteiger partial charge in [0, 0.05) is 17.8 Å². The second-order valence-corrected chi connectivity index (χ2v) is 3.44. The molecule has 1 aromatic heterocycles. The molecule has 1 heterocycles. The molecule has 0 saturated carbocycles. The molecule has 0 aliphatic heterocycles. The maximum atomic E-state index is 9.58. The van der Waals surface area contributed by atoms with Crippen LogP contribution in [0.4, 0.5) is 0 Å². The molecular formula is C9H17N3O. The van der Waals surface area contributed by atoms with Gasteiger partial charge >= 0.3 is 0 Å². The van der Waals surface area contributed by atoms with Crippen LogP contribution in [0, 0.1) is 0 Å². The summed E-state index contributed by atoms with van der Waals surface area (Å²) in [5.74, 6) is 0. The lowest BCUT2D eigenvalue weighted by atomic mass is 10.1. The highest BCUT2D eigenvalue weighted by Crippen LogP contribution is 2.16. The van der Waals surface area contributed by atoms with Gasteiger partial charge in [0.2, 0.25) is 0 Å². The predicted octanol–water partition coefficient (Wildman–Crippen LogP) is 0.846. The maximum absolute atomic E-state index is 9.58. The van der Waals surface area contributed by atoms with Crippen molar-refractivity contribution in [3.05, 3.63) is 18.0 Å². The van der Waals surface area contributed by atoms with E-state index in [2.05, 4.69) is 5.10 Å². The fourth-order valence-electron chi connectivity index (χ4n) is 1.13. The van der Waals surface area contributed by atoms with Crippen LogP contribution >= 0.6 is 0 Å². The second kappa shape index (κ2) is 4.39. The van der Waals surface area contributed by atoms with Gasteiger partial charge < -0.3 is 10.8 Å². The Morgan fingerprint density at radius 1 is 1.62 bits per heavy atom. The van der Waals surface area contributed by atoms with Gasteiger partial charge in [-0.05, 0) is 26.8 Å². The average molecular weight is 183 g/mol. The van der Waals surface area contributed by atoms with Gasteiger partial charge in [0.15, 0.2) is 0 Å². The highest BCUT2D eigenvalue weighted by Gasteiger charge is 2.09. The van der Waals surface area contributed by atoms with Gasteiger partial charge in [-0.1, -0.05) is 0 Å². The molecule has 74 valence electrons. The third-order valence-electron chi connectivity index (χ3n) is 1.98. The smallest absolute Gasteiger partial charge is 0.0832 e. The highest BCUT2D eigenvalue weighted by atomic mass is 16.3. The van der Waals surface area contributed by atoms with Crippen molar-refractivity contribution >= 4 is 0 Å². The predicted molar refractivity (Wildman–Crippen MR) is 51.2 cm³/mol. The normalized spacial score (nSPS) is 13.6. The van der Waals surface area contributed by atoms with Gasteiger partial charge in [-0.15, -0.1) is 0 Å². The minimum atomic E-state index is -0.475. The van der Waals surface area contributed by atoms with Crippen LogP contribution in [0.15, 0.2) is 12.4 Å². The van der Waals surface area contributed by atoms with E-state index in [4.69, 9.17) is 5.73 Å². The largest absolute Gasteiger partial charge is 0.388 e. The van der Waals surface area contributed by atoms with E-state index >= 15 is 0 Å². The molecule has 0 radical (unpaired) electrons. The zero-order valence-electron chi connectivity index (χ0n) is 8.14. The summed E-state index contributed by atoms with van der Waals surface area (Å²) in [7, 11) is 0. The molecule has 1 atom stereocenters. The highest BCUT2D eigenvalue weighted by molar-refractivity contribution is 5.08. The third-order valence-corrected chi connectivity index (χ3v) is 1.98. The molecule has 0 aliphatic rings. The molecule has 4 nitrogen and oxygen atoms in total. The van der Waals surface area contributed by atoms with Gasteiger partial charge in [-0.2, -0.15) is 5.10 Å². The monoisotopic (exact) mass is 183 g/mol. The number of aliphatic hydroxyl groups excluding tert-OH is 1. The van der Waals surface area contributed by atoms with Crippen molar-refractivity contribution in [2.24, 2.45) is 5.73 Å². The first-order valence-electron chi connectivity index (χ1n) is 4.57. The van der Waals surface area contributed by atoms with Crippen LogP contribution < -0.4 is 5.73 Å². The molecule has 1 unspecified atom stereocenters. The standard InChI is InChI=1S/C9H17N3O/c1-7(2)12-6-8(5-11-12)9(13)3-4-10/h5-7,9,13H,3-4,10H2,1-2H3. The number of nitrogens with two attached hydrogens (primary N) is 1. The summed E-state index contributed by atoms with van der Waals surface area (Å²) >= 11 is 0. The van der Waals surface area contributed by atoms with Crippen LogP contribution in [0.5, 0.6) is 0 Å². The van der Waals surface area contributed by atoms with E-state index in [1.807, 2.05) is 24.7 Å². The number of nitrogens with zero attached hydrogens (tertiary/aromatic N) is 2. The van der Waals surface area contributed by atoms with Crippen LogP contribution in [0.3, 0.4) is 0 Å². The minimum Gasteiger partial charge on any atom is -0.388 e. The molecule has 0 saturated heterocycles. The average Bonchev–Trinajstić information content (AvgIpc) is 2.52. The van der Waals surface area contributed by atoms with Crippen molar-refractivity contribution in [1.82, 2.24) is 9.78 Å². The number of hydrogen-bond acceptors (Lipinski definition) is 3. The first kappa shape index (κ1) is 10.2. The SMILES string of the molecule is CC(C)n1cc(C(O)CCN)cn1. The van der Waals surface area contributed by atoms with Crippen molar-refractivity contribution in [2.45, 2.75) is 32.4 Å². The quantitative estimate of drug-likeness (QED) is 0.727. The van der Waals surface area contributed by atoms with E-state index in [0.717, 1.165) is 5.56 Å². The lowest BCUT2D eigenvalue weighted by Crippen LogP contribution is -2.06. The summed E-state index contributed by atoms with van der Waals surface area (Å²) in [5, 5.41) is 13.7. The Morgan fingerprint density at radius 2 is 2.31 bits per heavy atom. The summed E-state index contributed by atoms with van der Waals surface area (Å²) in [4.78, 5) is 0. The molecule has 0 amide bonds. The van der Waals surface area contributed by atoms with E-state index in [0.29, 0.717) is 19.0 Å². The molecular weight excluding hydrogens is 166 g/mol. The zero-order chi connectivity index (χ0) is 9.84. The lowest BCUT2D eigenvalue weighted by Gasteiger charge is -2.06. The molecule has 0 aromatic carbocycles. The molecule has 1 rings (SSSR count). The number of aromatic nitrogens is 2. The first-order chi connectivity index (χ1) is 6.15. The van der Waals surface area contributed by atoms with Crippen molar-refractivity contribution < 1.29 is 5.11 Å². The summed E-state index contributed by atoms with van der Waals surface area (Å²) in [6.07, 6.45) is 3.67. The summed E-state index contributed by atoms with van der Waals surface area (Å²) in [5.41, 5.74) is 6.19. The van der Waals surface area contributed by atoms with E-state index in [1.54, 1.807) is 6.20 Å². The van der Waals surface area contributed by atoms with Crippen molar-refractivity contribution in [3.63, 3.8) is 0 Å². The van der Waals surface area contributed by atoms with Crippen molar-refractivity contribution in [2.75, 3.05) is 6.54 Å². The topological polar surface area (TPSA) is 64.1 Å². The second-order valence-electron chi connectivity index (χ2n) is 3.44. The molecule has 0 aliphatic carbocycles. The minimum absolute atomic E-state index is 0.332. The van der Waals surface area contributed by atoms with Gasteiger partial charge in [0.05, 0.1) is 12.3 Å². The number of aliphatic hydroxyl groups is 1. The van der Waals surface area contributed by atoms with Crippen molar-refractivity contribution in [1.29, 1.82) is 0 Å². The zero-order valence-corrected chi connectivity index (χ0v) is 8.14. The fourth-order valence-corrected chi connectivity index (χ4v) is 1.13. The Balaban J connectivity index is 2.67. The van der Waals surface area contributed by atoms with E-state index in [9.17, 15) is 5.11 Å². The van der Waals surface area contributed by atoms with E-state index in [-0.39, 0.29) is 0 Å². The number of hydrogen-bond donors (Lipinski definition) is 2. The Bertz CT molecular complexity index is 257. The summed E-state index contributed by atoms with van der Waals surface area (Å²) in [6, 6.07) is 0.332. The van der Waals surface area contributed by atoms with Crippen LogP contribution in [-0.4, -0.2) is 21.4 Å². The van der Waals surface area contributed by atoms with E-state index < -0.39 is 6.10 Å². The maximum Gasteiger partial charge on any atom is 0.0832 e. The Morgan fingerprint density at radius 3 is 2.77 bits per heavy atom. The molecule has 13 heavy (non-hydrogen) atoms. The van der Waals surface area contributed by atoms with Crippen LogP contribution in [0.25, 0.3) is 0 Å². The molecule has 1 aromatic rings. The third kappa shape index (κ3) is 2.54. The fraction of sp³-hybridized carbons (Fsp3) is 0.667. The summed E-state index contributed by atoms with van der Waals surface area (Å²) < 4.78 is 1.83. The molecule has 0 fully saturated rings. The lowest BCUT2D eigenvalue weighted by molar-refractivity contribution is 0.170. The molecule has 3 N–H and O–H groups in total. The van der Waals surface area contributed by atoms with Crippen LogP contribution in [0.2, 0.25) is 0 Å². The molecule has 0 spiro atoms. The van der Waals surface area contributed by atoms with E-state index in [1.165, 1.54) is 0 Å². The first-order valence-corrected chi connectivity index (χ1v) is 4.57. The Kier molecular flexibility index (Phi) is 3.45.